The van der Waals surface area contributed by atoms with Gasteiger partial charge in [0.15, 0.2) is 11.5 Å². The molecule has 19 heteroatoms. The van der Waals surface area contributed by atoms with E-state index in [1.54, 1.807) is 0 Å². The molecule has 52 heavy (non-hydrogen) atoms. The van der Waals surface area contributed by atoms with Gasteiger partial charge >= 0.3 is 18.4 Å². The number of amides is 1. The molecule has 0 bridgehead atoms. The zero-order valence-corrected chi connectivity index (χ0v) is 28.3. The molecule has 4 aliphatic heterocycles. The van der Waals surface area contributed by atoms with Crippen molar-refractivity contribution in [1.82, 2.24) is 29.5 Å². The number of nitrogen functional groups attached to an aromatic ring is 1. The Balaban J connectivity index is 1.30. The number of hydrogen-bond acceptors (Lipinski definition) is 9. The molecule has 7 rings (SSSR count). The van der Waals surface area contributed by atoms with E-state index in [0.717, 1.165) is 22.1 Å². The lowest BCUT2D eigenvalue weighted by Crippen LogP contribution is -2.43. The zero-order chi connectivity index (χ0) is 37.3. The molecule has 4 aliphatic rings. The Hall–Kier alpha value is -4.26. The van der Waals surface area contributed by atoms with Crippen molar-refractivity contribution >= 4 is 17.4 Å². The van der Waals surface area contributed by atoms with Crippen LogP contribution >= 0.6 is 0 Å². The number of anilines is 2. The maximum absolute atomic E-state index is 15.3. The molecule has 0 radical (unpaired) electrons. The van der Waals surface area contributed by atoms with Crippen molar-refractivity contribution < 1.29 is 49.4 Å². The average molecular weight is 745 g/mol. The molecule has 3 aromatic rings. The zero-order valence-electron chi connectivity index (χ0n) is 28.3. The SMILES string of the molecule is CN(C)C(=O)c1nn2c(c1C(F)(F)F)CN(c1nc(OC[C@@]34CCCN3C[C@H](F)C4)nc3c1CO[C@H](c1c(C(F)(F)F)ccc(N)c1F)C3)CCC2. The van der Waals surface area contributed by atoms with Crippen molar-refractivity contribution in [2.45, 2.75) is 82.0 Å². The van der Waals surface area contributed by atoms with Crippen LogP contribution in [0.5, 0.6) is 6.01 Å². The number of fused-ring (bicyclic) bond motifs is 3. The molecule has 282 valence electrons. The number of ether oxygens (including phenoxy) is 2. The molecule has 11 nitrogen and oxygen atoms in total. The monoisotopic (exact) mass is 744 g/mol. The molecule has 0 unspecified atom stereocenters. The second-order valence-electron chi connectivity index (χ2n) is 13.9. The molecule has 0 spiro atoms. The Morgan fingerprint density at radius 1 is 1.10 bits per heavy atom. The molecule has 0 aliphatic carbocycles. The summed E-state index contributed by atoms with van der Waals surface area (Å²) in [6, 6.07) is 1.27. The highest BCUT2D eigenvalue weighted by Crippen LogP contribution is 2.45. The van der Waals surface area contributed by atoms with Crippen LogP contribution in [0.4, 0.5) is 46.6 Å². The van der Waals surface area contributed by atoms with Crippen LogP contribution in [0.1, 0.15) is 75.9 Å². The second kappa shape index (κ2) is 13.0. The smallest absolute Gasteiger partial charge is 0.420 e. The summed E-state index contributed by atoms with van der Waals surface area (Å²) in [5, 5.41) is 4.05. The third kappa shape index (κ3) is 6.39. The summed E-state index contributed by atoms with van der Waals surface area (Å²) in [6.07, 6.45) is -10.9. The van der Waals surface area contributed by atoms with Crippen LogP contribution in [0, 0.1) is 5.82 Å². The van der Waals surface area contributed by atoms with Gasteiger partial charge in [-0.2, -0.15) is 41.4 Å². The molecule has 2 fully saturated rings. The Morgan fingerprint density at radius 3 is 2.58 bits per heavy atom. The van der Waals surface area contributed by atoms with E-state index in [1.807, 2.05) is 4.90 Å². The quantitative estimate of drug-likeness (QED) is 0.265. The number of aryl methyl sites for hydroxylation is 1. The summed E-state index contributed by atoms with van der Waals surface area (Å²) in [6.45, 7) is 0.290. The van der Waals surface area contributed by atoms with Gasteiger partial charge < -0.3 is 25.0 Å². The fourth-order valence-electron chi connectivity index (χ4n) is 7.91. The van der Waals surface area contributed by atoms with E-state index in [0.29, 0.717) is 19.0 Å². The number of aromatic nitrogens is 4. The van der Waals surface area contributed by atoms with Crippen molar-refractivity contribution in [1.29, 1.82) is 0 Å². The summed E-state index contributed by atoms with van der Waals surface area (Å²) in [5.41, 5.74) is 0.650. The van der Waals surface area contributed by atoms with Gasteiger partial charge in [0.1, 0.15) is 24.2 Å². The first-order chi connectivity index (χ1) is 24.5. The predicted octanol–water partition coefficient (Wildman–Crippen LogP) is 5.31. The number of benzene rings is 1. The lowest BCUT2D eigenvalue weighted by Gasteiger charge is -2.33. The third-order valence-electron chi connectivity index (χ3n) is 10.3. The van der Waals surface area contributed by atoms with Crippen molar-refractivity contribution in [2.75, 3.05) is 51.0 Å². The standard InChI is InChI=1S/C33H36F8N8O3/c1-46(2)29(50)27-25(33(39,40)41)22-14-47(8-4-10-49(22)45-27)28-18-15-51-23(24-19(32(36,37)38)5-6-20(42)26(24)35)11-21(18)43-30(44-28)52-16-31-7-3-9-48(31)13-17(34)12-31/h5-6,17,23H,3-4,7-16,42H2,1-2H3/t17-,23+,31+/m1/s1. The maximum Gasteiger partial charge on any atom is 0.420 e. The van der Waals surface area contributed by atoms with Crippen molar-refractivity contribution in [3.05, 3.63) is 57.3 Å². The maximum atomic E-state index is 15.3. The van der Waals surface area contributed by atoms with E-state index in [2.05, 4.69) is 15.1 Å². The van der Waals surface area contributed by atoms with E-state index in [9.17, 15) is 35.5 Å². The summed E-state index contributed by atoms with van der Waals surface area (Å²) in [5.74, 6) is -2.12. The van der Waals surface area contributed by atoms with Crippen LogP contribution in [0.2, 0.25) is 0 Å². The number of hydrogen-bond donors (Lipinski definition) is 1. The number of rotatable bonds is 6. The van der Waals surface area contributed by atoms with Gasteiger partial charge in [0.2, 0.25) is 0 Å². The first kappa shape index (κ1) is 36.1. The summed E-state index contributed by atoms with van der Waals surface area (Å²) < 4.78 is 129. The van der Waals surface area contributed by atoms with E-state index in [-0.39, 0.29) is 74.3 Å². The third-order valence-corrected chi connectivity index (χ3v) is 10.3. The molecule has 3 atom stereocenters. The molecule has 6 heterocycles. The van der Waals surface area contributed by atoms with Crippen molar-refractivity contribution in [3.63, 3.8) is 0 Å². The minimum atomic E-state index is -4.95. The van der Waals surface area contributed by atoms with Gasteiger partial charge in [-0.1, -0.05) is 0 Å². The minimum absolute atomic E-state index is 0.00531. The van der Waals surface area contributed by atoms with E-state index in [4.69, 9.17) is 15.2 Å². The molecule has 1 aromatic carbocycles. The average Bonchev–Trinajstić information content (AvgIpc) is 3.67. The Morgan fingerprint density at radius 2 is 1.87 bits per heavy atom. The van der Waals surface area contributed by atoms with Gasteiger partial charge in [-0.3, -0.25) is 14.4 Å². The van der Waals surface area contributed by atoms with Crippen LogP contribution in [-0.2, 0) is 43.2 Å². The van der Waals surface area contributed by atoms with Crippen molar-refractivity contribution in [3.8, 4) is 6.01 Å². The first-order valence-electron chi connectivity index (χ1n) is 16.8. The number of nitrogens with zero attached hydrogens (tertiary/aromatic N) is 7. The first-order valence-corrected chi connectivity index (χ1v) is 16.8. The summed E-state index contributed by atoms with van der Waals surface area (Å²) >= 11 is 0. The molecule has 2 saturated heterocycles. The number of alkyl halides is 7. The van der Waals surface area contributed by atoms with E-state index in [1.165, 1.54) is 19.0 Å². The summed E-state index contributed by atoms with van der Waals surface area (Å²) in [7, 11) is 2.64. The fourth-order valence-corrected chi connectivity index (χ4v) is 7.91. The molecule has 1 amide bonds. The van der Waals surface area contributed by atoms with Gasteiger partial charge in [0.05, 0.1) is 47.4 Å². The van der Waals surface area contributed by atoms with Crippen LogP contribution < -0.4 is 15.4 Å². The van der Waals surface area contributed by atoms with E-state index < -0.39 is 83.1 Å². The van der Waals surface area contributed by atoms with E-state index >= 15 is 4.39 Å². The van der Waals surface area contributed by atoms with Gasteiger partial charge in [-0.25, -0.2) is 8.78 Å². The largest absolute Gasteiger partial charge is 0.461 e. The van der Waals surface area contributed by atoms with Crippen LogP contribution in [0.3, 0.4) is 0 Å². The highest BCUT2D eigenvalue weighted by atomic mass is 19.4. The summed E-state index contributed by atoms with van der Waals surface area (Å²) in [4.78, 5) is 26.5. The van der Waals surface area contributed by atoms with Gasteiger partial charge in [0, 0.05) is 57.7 Å². The minimum Gasteiger partial charge on any atom is -0.461 e. The molecule has 2 N–H and O–H groups in total. The molecular formula is C33H36F8N8O3. The van der Waals surface area contributed by atoms with Gasteiger partial charge in [-0.05, 0) is 37.9 Å². The molecular weight excluding hydrogens is 708 g/mol. The number of carbonyl (C=O) groups is 1. The number of halogens is 8. The lowest BCUT2D eigenvalue weighted by molar-refractivity contribution is -0.140. The number of carbonyl (C=O) groups excluding carboxylic acids is 1. The van der Waals surface area contributed by atoms with Crippen LogP contribution in [0.25, 0.3) is 0 Å². The normalized spacial score (nSPS) is 23.6. The highest BCUT2D eigenvalue weighted by Gasteiger charge is 2.50. The topological polar surface area (TPSA) is 115 Å². The Labute approximate surface area is 292 Å². The van der Waals surface area contributed by atoms with Gasteiger partial charge in [0.25, 0.3) is 5.91 Å². The van der Waals surface area contributed by atoms with Gasteiger partial charge in [-0.15, -0.1) is 0 Å². The fraction of sp³-hybridized carbons (Fsp3) is 0.576. The van der Waals surface area contributed by atoms with Crippen molar-refractivity contribution in [2.24, 2.45) is 0 Å². The predicted molar refractivity (Wildman–Crippen MR) is 169 cm³/mol. The lowest BCUT2D eigenvalue weighted by atomic mass is 9.93. The molecule has 2 aromatic heterocycles. The number of nitrogens with two attached hydrogens (primary N) is 1. The Kier molecular flexibility index (Phi) is 9.03. The Bertz CT molecular complexity index is 1880. The highest BCUT2D eigenvalue weighted by molar-refractivity contribution is 5.94. The second-order valence-corrected chi connectivity index (χ2v) is 13.9. The molecule has 0 saturated carbocycles. The van der Waals surface area contributed by atoms with Crippen LogP contribution in [0.15, 0.2) is 12.1 Å². The van der Waals surface area contributed by atoms with Crippen LogP contribution in [-0.4, -0.2) is 87.5 Å².